The number of benzene rings is 1. The lowest BCUT2D eigenvalue weighted by Crippen LogP contribution is -2.25. The average molecular weight is 364 g/mol. The lowest BCUT2D eigenvalue weighted by Gasteiger charge is -2.14. The molecule has 0 radical (unpaired) electrons. The van der Waals surface area contributed by atoms with Gasteiger partial charge < -0.3 is 14.7 Å². The number of rotatable bonds is 6. The molecule has 3 rings (SSSR count). The lowest BCUT2D eigenvalue weighted by molar-refractivity contribution is 0.0946. The van der Waals surface area contributed by atoms with Gasteiger partial charge in [0.1, 0.15) is 11.5 Å². The molecule has 0 atom stereocenters. The summed E-state index contributed by atoms with van der Waals surface area (Å²) in [5.74, 6) is 0.485. The third kappa shape index (κ3) is 4.41. The topological polar surface area (TPSA) is 71.3 Å². The van der Waals surface area contributed by atoms with E-state index in [0.29, 0.717) is 23.7 Å². The molecule has 3 aromatic rings. The van der Waals surface area contributed by atoms with Crippen LogP contribution in [0.2, 0.25) is 0 Å². The van der Waals surface area contributed by atoms with E-state index < -0.39 is 0 Å². The summed E-state index contributed by atoms with van der Waals surface area (Å²) in [6, 6.07) is 13.5. The van der Waals surface area contributed by atoms with Crippen LogP contribution in [0, 0.1) is 13.8 Å². The summed E-state index contributed by atoms with van der Waals surface area (Å²) < 4.78 is 5.21. The van der Waals surface area contributed by atoms with Crippen LogP contribution in [-0.2, 0) is 13.1 Å². The van der Waals surface area contributed by atoms with E-state index in [1.165, 1.54) is 5.56 Å². The maximum absolute atomic E-state index is 12.6. The fourth-order valence-corrected chi connectivity index (χ4v) is 3.04. The van der Waals surface area contributed by atoms with Crippen LogP contribution in [0.1, 0.15) is 33.1 Å². The third-order valence-corrected chi connectivity index (χ3v) is 4.32. The summed E-state index contributed by atoms with van der Waals surface area (Å²) in [5, 5.41) is 6.93. The minimum Gasteiger partial charge on any atom is -0.361 e. The molecule has 0 saturated heterocycles. The zero-order valence-electron chi connectivity index (χ0n) is 16.1. The van der Waals surface area contributed by atoms with E-state index in [9.17, 15) is 4.79 Å². The predicted molar refractivity (Wildman–Crippen MR) is 104 cm³/mol. The largest absolute Gasteiger partial charge is 0.361 e. The number of amides is 1. The summed E-state index contributed by atoms with van der Waals surface area (Å²) in [4.78, 5) is 19.2. The van der Waals surface area contributed by atoms with Crippen molar-refractivity contribution in [3.8, 4) is 11.3 Å². The number of pyridine rings is 1. The number of carbonyl (C=O) groups is 1. The Morgan fingerprint density at radius 3 is 2.48 bits per heavy atom. The normalized spacial score (nSPS) is 11.0. The molecular weight excluding hydrogens is 340 g/mol. The molecule has 1 N–H and O–H groups in total. The second kappa shape index (κ2) is 8.14. The number of hydrogen-bond acceptors (Lipinski definition) is 5. The molecule has 2 heterocycles. The maximum Gasteiger partial charge on any atom is 0.270 e. The fourth-order valence-electron chi connectivity index (χ4n) is 3.04. The fraction of sp³-hybridized carbons (Fsp3) is 0.286. The van der Waals surface area contributed by atoms with Gasteiger partial charge >= 0.3 is 0 Å². The van der Waals surface area contributed by atoms with Gasteiger partial charge in [0.25, 0.3) is 5.91 Å². The van der Waals surface area contributed by atoms with Gasteiger partial charge in [-0.2, -0.15) is 0 Å². The van der Waals surface area contributed by atoms with Gasteiger partial charge in [-0.3, -0.25) is 4.79 Å². The Balaban J connectivity index is 1.76. The van der Waals surface area contributed by atoms with Crippen molar-refractivity contribution >= 4 is 5.91 Å². The molecule has 0 unspecified atom stereocenters. The van der Waals surface area contributed by atoms with Gasteiger partial charge in [-0.25, -0.2) is 4.98 Å². The maximum atomic E-state index is 12.6. The minimum absolute atomic E-state index is 0.205. The molecule has 2 aromatic heterocycles. The van der Waals surface area contributed by atoms with Crippen LogP contribution >= 0.6 is 0 Å². The molecule has 0 aliphatic rings. The molecule has 1 aromatic carbocycles. The Labute approximate surface area is 159 Å². The van der Waals surface area contributed by atoms with E-state index in [-0.39, 0.29) is 5.91 Å². The zero-order valence-corrected chi connectivity index (χ0v) is 16.1. The van der Waals surface area contributed by atoms with Crippen molar-refractivity contribution in [3.63, 3.8) is 0 Å². The SMILES string of the molecule is Cc1noc(C)c1-c1cccc(C(=O)NCc2ccccc2CN(C)C)n1. The van der Waals surface area contributed by atoms with Crippen molar-refractivity contribution in [2.45, 2.75) is 26.9 Å². The smallest absolute Gasteiger partial charge is 0.270 e. The van der Waals surface area contributed by atoms with Crippen molar-refractivity contribution in [1.82, 2.24) is 20.4 Å². The predicted octanol–water partition coefficient (Wildman–Crippen LogP) is 3.35. The molecule has 27 heavy (non-hydrogen) atoms. The van der Waals surface area contributed by atoms with Crippen LogP contribution in [0.5, 0.6) is 0 Å². The summed E-state index contributed by atoms with van der Waals surface area (Å²) in [5.41, 5.74) is 4.95. The monoisotopic (exact) mass is 364 g/mol. The van der Waals surface area contributed by atoms with Crippen molar-refractivity contribution in [2.75, 3.05) is 14.1 Å². The third-order valence-electron chi connectivity index (χ3n) is 4.32. The second-order valence-electron chi connectivity index (χ2n) is 6.80. The van der Waals surface area contributed by atoms with Gasteiger partial charge in [0.15, 0.2) is 0 Å². The van der Waals surface area contributed by atoms with Gasteiger partial charge in [-0.15, -0.1) is 0 Å². The average Bonchev–Trinajstić information content (AvgIpc) is 2.99. The van der Waals surface area contributed by atoms with Gasteiger partial charge in [0.05, 0.1) is 17.0 Å². The number of nitrogens with one attached hydrogen (secondary N) is 1. The molecule has 0 aliphatic carbocycles. The molecule has 140 valence electrons. The number of nitrogens with zero attached hydrogens (tertiary/aromatic N) is 3. The molecule has 0 aliphatic heterocycles. The summed E-state index contributed by atoms with van der Waals surface area (Å²) >= 11 is 0. The van der Waals surface area contributed by atoms with Crippen LogP contribution in [0.4, 0.5) is 0 Å². The minimum atomic E-state index is -0.205. The molecule has 0 spiro atoms. The first kappa shape index (κ1) is 18.8. The Morgan fingerprint density at radius 1 is 1.07 bits per heavy atom. The standard InChI is InChI=1S/C21H24N4O2/c1-14-20(15(2)27-24-14)18-10-7-11-19(23-18)21(26)22-12-16-8-5-6-9-17(16)13-25(3)4/h5-11H,12-13H2,1-4H3,(H,22,26). The molecule has 0 bridgehead atoms. The Morgan fingerprint density at radius 2 is 1.81 bits per heavy atom. The van der Waals surface area contributed by atoms with Gasteiger partial charge in [0, 0.05) is 13.1 Å². The van der Waals surface area contributed by atoms with E-state index in [1.807, 2.05) is 58.3 Å². The highest BCUT2D eigenvalue weighted by Crippen LogP contribution is 2.25. The van der Waals surface area contributed by atoms with Crippen molar-refractivity contribution in [2.24, 2.45) is 0 Å². The number of aryl methyl sites for hydroxylation is 2. The Hall–Kier alpha value is -2.99. The van der Waals surface area contributed by atoms with E-state index in [2.05, 4.69) is 26.4 Å². The lowest BCUT2D eigenvalue weighted by atomic mass is 10.1. The number of hydrogen-bond donors (Lipinski definition) is 1. The van der Waals surface area contributed by atoms with Crippen molar-refractivity contribution in [1.29, 1.82) is 0 Å². The van der Waals surface area contributed by atoms with Crippen LogP contribution in [-0.4, -0.2) is 35.0 Å². The summed E-state index contributed by atoms with van der Waals surface area (Å²) in [6.07, 6.45) is 0. The van der Waals surface area contributed by atoms with E-state index >= 15 is 0 Å². The molecule has 6 nitrogen and oxygen atoms in total. The van der Waals surface area contributed by atoms with Crippen LogP contribution in [0.3, 0.4) is 0 Å². The zero-order chi connectivity index (χ0) is 19.4. The first-order valence-corrected chi connectivity index (χ1v) is 8.85. The molecule has 0 fully saturated rings. The van der Waals surface area contributed by atoms with Crippen LogP contribution in [0.15, 0.2) is 47.0 Å². The van der Waals surface area contributed by atoms with E-state index in [0.717, 1.165) is 23.4 Å². The summed E-state index contributed by atoms with van der Waals surface area (Å²) in [7, 11) is 4.05. The highest BCUT2D eigenvalue weighted by Gasteiger charge is 2.15. The van der Waals surface area contributed by atoms with Crippen molar-refractivity contribution < 1.29 is 9.32 Å². The van der Waals surface area contributed by atoms with Gasteiger partial charge in [-0.05, 0) is 51.2 Å². The number of carbonyl (C=O) groups excluding carboxylic acids is 1. The van der Waals surface area contributed by atoms with E-state index in [1.54, 1.807) is 6.07 Å². The van der Waals surface area contributed by atoms with Gasteiger partial charge in [0.2, 0.25) is 0 Å². The molecule has 0 saturated carbocycles. The van der Waals surface area contributed by atoms with E-state index in [4.69, 9.17) is 4.52 Å². The first-order valence-electron chi connectivity index (χ1n) is 8.85. The highest BCUT2D eigenvalue weighted by atomic mass is 16.5. The highest BCUT2D eigenvalue weighted by molar-refractivity contribution is 5.92. The first-order chi connectivity index (χ1) is 13.0. The Kier molecular flexibility index (Phi) is 5.66. The quantitative estimate of drug-likeness (QED) is 0.726. The summed E-state index contributed by atoms with van der Waals surface area (Å²) in [6.45, 7) is 4.99. The molecular formula is C21H24N4O2. The molecule has 1 amide bonds. The van der Waals surface area contributed by atoms with Gasteiger partial charge in [-0.1, -0.05) is 35.5 Å². The second-order valence-corrected chi connectivity index (χ2v) is 6.80. The van der Waals surface area contributed by atoms with Crippen molar-refractivity contribution in [3.05, 3.63) is 70.7 Å². The number of aromatic nitrogens is 2. The Bertz CT molecular complexity index is 927. The molecule has 6 heteroatoms. The van der Waals surface area contributed by atoms with Crippen LogP contribution < -0.4 is 5.32 Å². The van der Waals surface area contributed by atoms with Crippen LogP contribution in [0.25, 0.3) is 11.3 Å².